The number of nitrogens with zero attached hydrogens (tertiary/aromatic N) is 2. The van der Waals surface area contributed by atoms with Crippen molar-refractivity contribution in [3.63, 3.8) is 0 Å². The molecule has 2 heteroatoms. The number of hydrogen-bond acceptors (Lipinski definition) is 1. The van der Waals surface area contributed by atoms with Gasteiger partial charge in [-0.25, -0.2) is 4.98 Å². The molecule has 11 rings (SSSR count). The first-order valence-corrected chi connectivity index (χ1v) is 18.8. The zero-order valence-electron chi connectivity index (χ0n) is 30.2. The number of imidazole rings is 1. The Kier molecular flexibility index (Phi) is 6.63. The van der Waals surface area contributed by atoms with Crippen molar-refractivity contribution < 1.29 is 0 Å². The summed E-state index contributed by atoms with van der Waals surface area (Å²) in [5.74, 6) is 0.942. The lowest BCUT2D eigenvalue weighted by atomic mass is 9.81. The molecule has 0 unspecified atom stereocenters. The molecule has 0 saturated heterocycles. The van der Waals surface area contributed by atoms with Crippen LogP contribution in [0.5, 0.6) is 0 Å². The van der Waals surface area contributed by atoms with Crippen molar-refractivity contribution in [3.8, 4) is 50.5 Å². The maximum absolute atomic E-state index is 5.45. The smallest absolute Gasteiger partial charge is 0.146 e. The van der Waals surface area contributed by atoms with Crippen molar-refractivity contribution in [3.05, 3.63) is 193 Å². The molecule has 0 amide bonds. The highest BCUT2D eigenvalue weighted by atomic mass is 15.1. The fourth-order valence-corrected chi connectivity index (χ4v) is 9.35. The van der Waals surface area contributed by atoms with Gasteiger partial charge in [-0.05, 0) is 107 Å². The normalized spacial score (nSPS) is 13.1. The Hall–Kier alpha value is -6.77. The van der Waals surface area contributed by atoms with Crippen LogP contribution in [0.3, 0.4) is 0 Å². The van der Waals surface area contributed by atoms with Gasteiger partial charge in [0.1, 0.15) is 5.82 Å². The number of rotatable bonds is 4. The Morgan fingerprint density at radius 3 is 1.91 bits per heavy atom. The predicted octanol–water partition coefficient (Wildman–Crippen LogP) is 13.8. The Labute approximate surface area is 314 Å². The van der Waals surface area contributed by atoms with Crippen molar-refractivity contribution in [2.24, 2.45) is 0 Å². The first kappa shape index (κ1) is 30.8. The molecule has 0 fully saturated rings. The van der Waals surface area contributed by atoms with Crippen LogP contribution in [0.2, 0.25) is 0 Å². The first-order valence-electron chi connectivity index (χ1n) is 18.8. The quantitative estimate of drug-likeness (QED) is 0.168. The highest BCUT2D eigenvalue weighted by molar-refractivity contribution is 6.23. The Morgan fingerprint density at radius 1 is 0.426 bits per heavy atom. The van der Waals surface area contributed by atoms with Gasteiger partial charge >= 0.3 is 0 Å². The van der Waals surface area contributed by atoms with Crippen LogP contribution in [-0.2, 0) is 5.41 Å². The van der Waals surface area contributed by atoms with Gasteiger partial charge in [0.15, 0.2) is 0 Å². The van der Waals surface area contributed by atoms with E-state index in [1.165, 1.54) is 76.8 Å². The second-order valence-corrected chi connectivity index (χ2v) is 15.1. The number of para-hydroxylation sites is 3. The molecule has 0 aliphatic heterocycles. The molecule has 254 valence electrons. The van der Waals surface area contributed by atoms with Crippen LogP contribution in [0.25, 0.3) is 93.8 Å². The third-order valence-electron chi connectivity index (χ3n) is 11.8. The number of fused-ring (bicyclic) bond motifs is 7. The van der Waals surface area contributed by atoms with Crippen LogP contribution in [0.4, 0.5) is 0 Å². The largest absolute Gasteiger partial charge is 0.292 e. The summed E-state index contributed by atoms with van der Waals surface area (Å²) in [6.07, 6.45) is 0. The molecule has 1 heterocycles. The summed E-state index contributed by atoms with van der Waals surface area (Å²) in [6.45, 7) is 4.74. The molecular formula is C52H36N2. The van der Waals surface area contributed by atoms with E-state index >= 15 is 0 Å². The predicted molar refractivity (Wildman–Crippen MR) is 227 cm³/mol. The third-order valence-corrected chi connectivity index (χ3v) is 11.8. The Bertz CT molecular complexity index is 3120. The number of aromatic nitrogens is 2. The maximum atomic E-state index is 5.45. The average molecular weight is 689 g/mol. The summed E-state index contributed by atoms with van der Waals surface area (Å²) in [4.78, 5) is 5.45. The van der Waals surface area contributed by atoms with Gasteiger partial charge < -0.3 is 0 Å². The van der Waals surface area contributed by atoms with E-state index in [0.717, 1.165) is 28.1 Å². The standard InChI is InChI=1S/C52H36N2/c1-52(2)44-26-11-10-23-41(44)49-42(25-15-27-45(49)52)48-38-21-8-9-22-39(38)50(51-53-46-28-12-13-29-47(46)54(51)35-18-4-3-5-19-35)40-31-30-34(32-43(40)48)37-24-14-17-33-16-6-7-20-36(33)37/h3-32H,1-2H3. The average Bonchev–Trinajstić information content (AvgIpc) is 3.72. The van der Waals surface area contributed by atoms with Crippen molar-refractivity contribution >= 4 is 43.4 Å². The molecule has 0 bridgehead atoms. The lowest BCUT2D eigenvalue weighted by molar-refractivity contribution is 0.660. The van der Waals surface area contributed by atoms with Gasteiger partial charge in [0.25, 0.3) is 0 Å². The molecule has 2 nitrogen and oxygen atoms in total. The van der Waals surface area contributed by atoms with Crippen molar-refractivity contribution in [1.29, 1.82) is 0 Å². The summed E-state index contributed by atoms with van der Waals surface area (Å²) >= 11 is 0. The van der Waals surface area contributed by atoms with E-state index in [1.54, 1.807) is 0 Å². The van der Waals surface area contributed by atoms with Crippen LogP contribution in [0.15, 0.2) is 182 Å². The molecule has 1 aromatic heterocycles. The van der Waals surface area contributed by atoms with E-state index in [-0.39, 0.29) is 5.41 Å². The van der Waals surface area contributed by atoms with Crippen LogP contribution in [0, 0.1) is 0 Å². The molecule has 10 aromatic rings. The second-order valence-electron chi connectivity index (χ2n) is 15.1. The van der Waals surface area contributed by atoms with E-state index < -0.39 is 0 Å². The van der Waals surface area contributed by atoms with Crippen molar-refractivity contribution in [2.45, 2.75) is 19.3 Å². The molecular weight excluding hydrogens is 653 g/mol. The van der Waals surface area contributed by atoms with E-state index in [2.05, 4.69) is 200 Å². The summed E-state index contributed by atoms with van der Waals surface area (Å²) in [6, 6.07) is 66.6. The van der Waals surface area contributed by atoms with Gasteiger partial charge in [0.2, 0.25) is 0 Å². The zero-order valence-corrected chi connectivity index (χ0v) is 30.2. The summed E-state index contributed by atoms with van der Waals surface area (Å²) in [5, 5.41) is 7.31. The Balaban J connectivity index is 1.32. The van der Waals surface area contributed by atoms with Crippen LogP contribution in [0.1, 0.15) is 25.0 Å². The maximum Gasteiger partial charge on any atom is 0.146 e. The monoisotopic (exact) mass is 688 g/mol. The minimum Gasteiger partial charge on any atom is -0.292 e. The van der Waals surface area contributed by atoms with Gasteiger partial charge in [-0.15, -0.1) is 0 Å². The molecule has 0 N–H and O–H groups in total. The van der Waals surface area contributed by atoms with Crippen molar-refractivity contribution in [2.75, 3.05) is 0 Å². The molecule has 0 saturated carbocycles. The fourth-order valence-electron chi connectivity index (χ4n) is 9.35. The summed E-state index contributed by atoms with van der Waals surface area (Å²) < 4.78 is 2.34. The molecule has 0 radical (unpaired) electrons. The number of benzene rings is 9. The van der Waals surface area contributed by atoms with Crippen molar-refractivity contribution in [1.82, 2.24) is 9.55 Å². The van der Waals surface area contributed by atoms with Gasteiger partial charge in [-0.3, -0.25) is 4.57 Å². The Morgan fingerprint density at radius 2 is 1.04 bits per heavy atom. The van der Waals surface area contributed by atoms with Crippen LogP contribution in [-0.4, -0.2) is 9.55 Å². The van der Waals surface area contributed by atoms with Gasteiger partial charge in [0.05, 0.1) is 11.0 Å². The zero-order chi connectivity index (χ0) is 36.0. The van der Waals surface area contributed by atoms with Gasteiger partial charge in [-0.2, -0.15) is 0 Å². The molecule has 54 heavy (non-hydrogen) atoms. The van der Waals surface area contributed by atoms with E-state index in [9.17, 15) is 0 Å². The third kappa shape index (κ3) is 4.37. The molecule has 0 spiro atoms. The lowest BCUT2D eigenvalue weighted by Crippen LogP contribution is -2.14. The second kappa shape index (κ2) is 11.6. The summed E-state index contributed by atoms with van der Waals surface area (Å²) in [5.41, 5.74) is 14.6. The van der Waals surface area contributed by atoms with E-state index in [1.807, 2.05) is 0 Å². The topological polar surface area (TPSA) is 17.8 Å². The minimum absolute atomic E-state index is 0.109. The van der Waals surface area contributed by atoms with Crippen LogP contribution >= 0.6 is 0 Å². The van der Waals surface area contributed by atoms with Crippen LogP contribution < -0.4 is 0 Å². The molecule has 9 aromatic carbocycles. The molecule has 1 aliphatic rings. The number of hydrogen-bond donors (Lipinski definition) is 0. The SMILES string of the molecule is CC1(C)c2ccccc2-c2c(-c3c4ccccc4c(-c4nc5ccccc5n4-c4ccccc4)c4ccc(-c5cccc6ccccc56)cc34)cccc21. The highest BCUT2D eigenvalue weighted by Gasteiger charge is 2.37. The fraction of sp³-hybridized carbons (Fsp3) is 0.0577. The minimum atomic E-state index is -0.109. The summed E-state index contributed by atoms with van der Waals surface area (Å²) in [7, 11) is 0. The van der Waals surface area contributed by atoms with Gasteiger partial charge in [-0.1, -0.05) is 166 Å². The molecule has 1 aliphatic carbocycles. The highest BCUT2D eigenvalue weighted by Crippen LogP contribution is 2.55. The molecule has 0 atom stereocenters. The van der Waals surface area contributed by atoms with E-state index in [0.29, 0.717) is 0 Å². The van der Waals surface area contributed by atoms with E-state index in [4.69, 9.17) is 4.98 Å². The van der Waals surface area contributed by atoms with Gasteiger partial charge in [0, 0.05) is 16.7 Å². The lowest BCUT2D eigenvalue weighted by Gasteiger charge is -2.23. The first-order chi connectivity index (χ1) is 26.6.